The van der Waals surface area contributed by atoms with Gasteiger partial charge in [0.25, 0.3) is 5.91 Å². The van der Waals surface area contributed by atoms with Crippen molar-refractivity contribution in [2.45, 2.75) is 46.0 Å². The summed E-state index contributed by atoms with van der Waals surface area (Å²) in [7, 11) is 0. The second-order valence-corrected chi connectivity index (χ2v) is 9.55. The molecule has 0 saturated carbocycles. The quantitative estimate of drug-likeness (QED) is 0.409. The van der Waals surface area contributed by atoms with Gasteiger partial charge in [-0.25, -0.2) is 0 Å². The number of carbonyl (C=O) groups is 1. The molecule has 3 rings (SSSR count). The number of rotatable bonds is 5. The topological polar surface area (TPSA) is 29.5 Å². The van der Waals surface area contributed by atoms with E-state index in [0.717, 1.165) is 18.6 Å². The first kappa shape index (κ1) is 20.6. The molecule has 0 aromatic heterocycles. The lowest BCUT2D eigenvalue weighted by Gasteiger charge is -2.23. The van der Waals surface area contributed by atoms with Gasteiger partial charge in [-0.2, -0.15) is 0 Å². The number of para-hydroxylation sites is 2. The second-order valence-electron chi connectivity index (χ2n) is 7.82. The zero-order chi connectivity index (χ0) is 20.5. The first-order chi connectivity index (χ1) is 13.2. The molecule has 0 N–H and O–H groups in total. The Kier molecular flexibility index (Phi) is 5.96. The van der Waals surface area contributed by atoms with E-state index in [-0.39, 0.29) is 11.3 Å². The minimum Gasteiger partial charge on any atom is -0.455 e. The highest BCUT2D eigenvalue weighted by atomic mass is 32.2. The van der Waals surface area contributed by atoms with E-state index in [2.05, 4.69) is 46.4 Å². The summed E-state index contributed by atoms with van der Waals surface area (Å²) < 4.78 is 6.79. The summed E-state index contributed by atoms with van der Waals surface area (Å²) in [6.07, 6.45) is 1.95. The highest BCUT2D eigenvalue weighted by molar-refractivity contribution is 8.27. The highest BCUT2D eigenvalue weighted by Crippen LogP contribution is 2.41. The van der Waals surface area contributed by atoms with Crippen molar-refractivity contribution < 1.29 is 9.53 Å². The summed E-state index contributed by atoms with van der Waals surface area (Å²) in [4.78, 5) is 14.4. The summed E-state index contributed by atoms with van der Waals surface area (Å²) >= 11 is 6.60. The first-order valence-corrected chi connectivity index (χ1v) is 10.6. The van der Waals surface area contributed by atoms with Gasteiger partial charge in [0, 0.05) is 0 Å². The van der Waals surface area contributed by atoms with Crippen molar-refractivity contribution in [2.24, 2.45) is 0 Å². The van der Waals surface area contributed by atoms with Gasteiger partial charge in [-0.15, -0.1) is 0 Å². The summed E-state index contributed by atoms with van der Waals surface area (Å²) in [6.45, 7) is 12.6. The van der Waals surface area contributed by atoms with Crippen LogP contribution < -0.4 is 9.64 Å². The lowest BCUT2D eigenvalue weighted by atomic mass is 9.85. The molecular formula is C23H25NO2S2. The molecule has 0 aliphatic carbocycles. The predicted molar refractivity (Wildman–Crippen MR) is 122 cm³/mol. The standard InChI is InChI=1S/C23H25NO2S2/c1-6-9-16-14-17(23(3,4)5)12-13-19(16)26-20-11-8-7-10-18(20)24-21(25)15(2)28-22(24)27/h7-8,10-14H,2,6,9H2,1,3-5H3. The van der Waals surface area contributed by atoms with Gasteiger partial charge in [0.15, 0.2) is 10.1 Å². The van der Waals surface area contributed by atoms with Gasteiger partial charge >= 0.3 is 0 Å². The van der Waals surface area contributed by atoms with Gasteiger partial charge in [0.2, 0.25) is 0 Å². The van der Waals surface area contributed by atoms with E-state index in [1.807, 2.05) is 30.3 Å². The third-order valence-corrected chi connectivity index (χ3v) is 5.82. The molecule has 1 saturated heterocycles. The first-order valence-electron chi connectivity index (χ1n) is 9.38. The minimum absolute atomic E-state index is 0.0741. The molecule has 1 fully saturated rings. The van der Waals surface area contributed by atoms with Gasteiger partial charge in [-0.05, 0) is 41.2 Å². The number of anilines is 1. The average molecular weight is 412 g/mol. The van der Waals surface area contributed by atoms with E-state index in [4.69, 9.17) is 17.0 Å². The molecule has 1 heterocycles. The number of thioether (sulfide) groups is 1. The maximum absolute atomic E-state index is 12.5. The van der Waals surface area contributed by atoms with E-state index < -0.39 is 0 Å². The molecule has 2 aromatic rings. The number of ether oxygens (including phenoxy) is 1. The van der Waals surface area contributed by atoms with E-state index >= 15 is 0 Å². The Labute approximate surface area is 176 Å². The number of benzene rings is 2. The summed E-state index contributed by atoms with van der Waals surface area (Å²) in [6, 6.07) is 13.9. The summed E-state index contributed by atoms with van der Waals surface area (Å²) in [5, 5.41) is 0. The van der Waals surface area contributed by atoms with Crippen molar-refractivity contribution in [2.75, 3.05) is 4.90 Å². The number of carbonyl (C=O) groups excluding carboxylic acids is 1. The van der Waals surface area contributed by atoms with Crippen LogP contribution >= 0.6 is 24.0 Å². The third kappa shape index (κ3) is 4.15. The molecule has 28 heavy (non-hydrogen) atoms. The Morgan fingerprint density at radius 2 is 1.86 bits per heavy atom. The normalized spacial score (nSPS) is 14.7. The van der Waals surface area contributed by atoms with Crippen LogP contribution in [0.5, 0.6) is 11.5 Å². The van der Waals surface area contributed by atoms with Gasteiger partial charge < -0.3 is 4.74 Å². The molecule has 0 atom stereocenters. The van der Waals surface area contributed by atoms with E-state index in [9.17, 15) is 4.79 Å². The van der Waals surface area contributed by atoms with Crippen molar-refractivity contribution in [3.05, 3.63) is 65.1 Å². The smallest absolute Gasteiger partial charge is 0.270 e. The van der Waals surface area contributed by atoms with Crippen LogP contribution in [0.2, 0.25) is 0 Å². The summed E-state index contributed by atoms with van der Waals surface area (Å²) in [5.74, 6) is 1.23. The molecule has 0 radical (unpaired) electrons. The zero-order valence-electron chi connectivity index (χ0n) is 16.7. The Balaban J connectivity index is 2.00. The lowest BCUT2D eigenvalue weighted by Crippen LogP contribution is -2.27. The molecule has 5 heteroatoms. The fourth-order valence-electron chi connectivity index (χ4n) is 3.07. The third-order valence-electron chi connectivity index (χ3n) is 4.61. The SMILES string of the molecule is C=C1SC(=S)N(c2ccccc2Oc2ccc(C(C)(C)C)cc2CCC)C1=O. The number of amides is 1. The molecular weight excluding hydrogens is 386 g/mol. The molecule has 2 aromatic carbocycles. The highest BCUT2D eigenvalue weighted by Gasteiger charge is 2.33. The average Bonchev–Trinajstić information content (AvgIpc) is 2.88. The van der Waals surface area contributed by atoms with Crippen molar-refractivity contribution >= 4 is 39.9 Å². The Bertz CT molecular complexity index is 944. The number of aryl methyl sites for hydroxylation is 1. The maximum atomic E-state index is 12.5. The van der Waals surface area contributed by atoms with Crippen LogP contribution in [0, 0.1) is 0 Å². The van der Waals surface area contributed by atoms with Crippen LogP contribution in [0.15, 0.2) is 53.9 Å². The second kappa shape index (κ2) is 8.10. The Morgan fingerprint density at radius 3 is 2.46 bits per heavy atom. The van der Waals surface area contributed by atoms with E-state index in [0.29, 0.717) is 20.7 Å². The molecule has 1 aliphatic rings. The number of hydrogen-bond donors (Lipinski definition) is 0. The van der Waals surface area contributed by atoms with Crippen LogP contribution in [0.25, 0.3) is 0 Å². The molecule has 1 amide bonds. The summed E-state index contributed by atoms with van der Waals surface area (Å²) in [5.41, 5.74) is 3.16. The van der Waals surface area contributed by atoms with E-state index in [1.165, 1.54) is 27.8 Å². The van der Waals surface area contributed by atoms with Gasteiger partial charge in [0.05, 0.1) is 10.6 Å². The van der Waals surface area contributed by atoms with Gasteiger partial charge in [0.1, 0.15) is 5.75 Å². The van der Waals surface area contributed by atoms with Crippen molar-refractivity contribution in [1.82, 2.24) is 0 Å². The van der Waals surface area contributed by atoms with Crippen molar-refractivity contribution in [3.8, 4) is 11.5 Å². The van der Waals surface area contributed by atoms with Gasteiger partial charge in [-0.3, -0.25) is 9.69 Å². The van der Waals surface area contributed by atoms with Crippen molar-refractivity contribution in [3.63, 3.8) is 0 Å². The predicted octanol–water partition coefficient (Wildman–Crippen LogP) is 6.61. The minimum atomic E-state index is -0.192. The lowest BCUT2D eigenvalue weighted by molar-refractivity contribution is -0.113. The molecule has 1 aliphatic heterocycles. The maximum Gasteiger partial charge on any atom is 0.270 e. The molecule has 0 bridgehead atoms. The number of thiocarbonyl (C=S) groups is 1. The molecule has 0 unspecified atom stereocenters. The monoisotopic (exact) mass is 411 g/mol. The Hall–Kier alpha value is -2.11. The molecule has 3 nitrogen and oxygen atoms in total. The number of nitrogens with zero attached hydrogens (tertiary/aromatic N) is 1. The van der Waals surface area contributed by atoms with Crippen LogP contribution in [0.1, 0.15) is 45.2 Å². The van der Waals surface area contributed by atoms with E-state index in [1.54, 1.807) is 0 Å². The molecule has 0 spiro atoms. The number of hydrogen-bond acceptors (Lipinski definition) is 4. The largest absolute Gasteiger partial charge is 0.455 e. The van der Waals surface area contributed by atoms with Gasteiger partial charge in [-0.1, -0.05) is 88.9 Å². The van der Waals surface area contributed by atoms with Crippen LogP contribution in [0.3, 0.4) is 0 Å². The van der Waals surface area contributed by atoms with Crippen LogP contribution in [0.4, 0.5) is 5.69 Å². The molecule has 146 valence electrons. The van der Waals surface area contributed by atoms with Crippen molar-refractivity contribution in [1.29, 1.82) is 0 Å². The van der Waals surface area contributed by atoms with Crippen LogP contribution in [-0.2, 0) is 16.6 Å². The Morgan fingerprint density at radius 1 is 1.14 bits per heavy atom. The zero-order valence-corrected chi connectivity index (χ0v) is 18.4. The fraction of sp³-hybridized carbons (Fsp3) is 0.304. The van der Waals surface area contributed by atoms with Crippen LogP contribution in [-0.4, -0.2) is 10.2 Å². The fourth-order valence-corrected chi connectivity index (χ4v) is 4.21.